The molecule has 1 aliphatic rings. The van der Waals surface area contributed by atoms with Crippen LogP contribution in [0.1, 0.15) is 15.9 Å². The first-order valence-corrected chi connectivity index (χ1v) is 7.86. The van der Waals surface area contributed by atoms with Gasteiger partial charge in [0.25, 0.3) is 5.91 Å². The zero-order chi connectivity index (χ0) is 14.1. The number of hydrogen-bond donors (Lipinski definition) is 2. The van der Waals surface area contributed by atoms with E-state index in [4.69, 9.17) is 0 Å². The first kappa shape index (κ1) is 13.6. The second-order valence-corrected chi connectivity index (χ2v) is 6.31. The molecular formula is C15H12Br2N2O. The van der Waals surface area contributed by atoms with Gasteiger partial charge in [0.2, 0.25) is 0 Å². The number of nitrogens with one attached hydrogen (secondary N) is 2. The number of fused-ring (bicyclic) bond motifs is 1. The molecule has 102 valence electrons. The number of hydrogen-bond acceptors (Lipinski definition) is 2. The zero-order valence-electron chi connectivity index (χ0n) is 10.5. The Labute approximate surface area is 134 Å². The summed E-state index contributed by atoms with van der Waals surface area (Å²) >= 11 is 6.88. The molecule has 1 amide bonds. The molecule has 0 saturated carbocycles. The smallest absolute Gasteiger partial charge is 0.255 e. The second kappa shape index (κ2) is 5.58. The molecule has 0 aliphatic carbocycles. The van der Waals surface area contributed by atoms with Crippen molar-refractivity contribution < 1.29 is 4.79 Å². The minimum absolute atomic E-state index is 0.117. The standard InChI is InChI=1S/C15H12Br2N2O/c16-11-2-1-3-12(17)14(11)19-15(20)10-5-4-9-6-7-18-13(9)8-10/h1-5,8,18H,6-7H2,(H,19,20). The maximum Gasteiger partial charge on any atom is 0.255 e. The molecule has 0 radical (unpaired) electrons. The molecule has 1 heterocycles. The molecule has 2 aromatic rings. The summed E-state index contributed by atoms with van der Waals surface area (Å²) in [6.07, 6.45) is 1.02. The highest BCUT2D eigenvalue weighted by Crippen LogP contribution is 2.31. The van der Waals surface area contributed by atoms with Crippen LogP contribution in [0.5, 0.6) is 0 Å². The fraction of sp³-hybridized carbons (Fsp3) is 0.133. The summed E-state index contributed by atoms with van der Waals surface area (Å²) in [5.41, 5.74) is 3.72. The van der Waals surface area contributed by atoms with Gasteiger partial charge >= 0.3 is 0 Å². The summed E-state index contributed by atoms with van der Waals surface area (Å²) in [5, 5.41) is 6.21. The Hall–Kier alpha value is -1.33. The normalized spacial score (nSPS) is 12.7. The van der Waals surface area contributed by atoms with Gasteiger partial charge in [-0.3, -0.25) is 4.79 Å². The lowest BCUT2D eigenvalue weighted by Crippen LogP contribution is -2.13. The zero-order valence-corrected chi connectivity index (χ0v) is 13.7. The predicted molar refractivity (Wildman–Crippen MR) is 88.4 cm³/mol. The Bertz CT molecular complexity index is 665. The van der Waals surface area contributed by atoms with Gasteiger partial charge in [-0.25, -0.2) is 0 Å². The third kappa shape index (κ3) is 2.60. The van der Waals surface area contributed by atoms with Gasteiger partial charge in [-0.1, -0.05) is 12.1 Å². The van der Waals surface area contributed by atoms with E-state index in [1.165, 1.54) is 5.56 Å². The highest BCUT2D eigenvalue weighted by atomic mass is 79.9. The van der Waals surface area contributed by atoms with Gasteiger partial charge in [-0.2, -0.15) is 0 Å². The van der Waals surface area contributed by atoms with E-state index in [0.717, 1.165) is 33.3 Å². The quantitative estimate of drug-likeness (QED) is 0.789. The summed E-state index contributed by atoms with van der Waals surface area (Å²) < 4.78 is 1.69. The molecule has 20 heavy (non-hydrogen) atoms. The van der Waals surface area contributed by atoms with Crippen LogP contribution in [-0.4, -0.2) is 12.5 Å². The SMILES string of the molecule is O=C(Nc1c(Br)cccc1Br)c1ccc2c(c1)NCC2. The molecule has 0 unspecified atom stereocenters. The number of rotatable bonds is 2. The van der Waals surface area contributed by atoms with Crippen molar-refractivity contribution in [3.05, 3.63) is 56.5 Å². The van der Waals surface area contributed by atoms with E-state index in [1.54, 1.807) is 0 Å². The molecule has 0 saturated heterocycles. The van der Waals surface area contributed by atoms with Crippen LogP contribution in [0.2, 0.25) is 0 Å². The maximum atomic E-state index is 12.3. The van der Waals surface area contributed by atoms with E-state index in [-0.39, 0.29) is 5.91 Å². The van der Waals surface area contributed by atoms with E-state index < -0.39 is 0 Å². The third-order valence-electron chi connectivity index (χ3n) is 3.28. The van der Waals surface area contributed by atoms with Crippen molar-refractivity contribution in [1.29, 1.82) is 0 Å². The van der Waals surface area contributed by atoms with Crippen LogP contribution >= 0.6 is 31.9 Å². The number of carbonyl (C=O) groups is 1. The van der Waals surface area contributed by atoms with Gasteiger partial charge in [0, 0.05) is 26.7 Å². The molecule has 0 atom stereocenters. The maximum absolute atomic E-state index is 12.3. The van der Waals surface area contributed by atoms with Gasteiger partial charge in [-0.15, -0.1) is 0 Å². The van der Waals surface area contributed by atoms with Gasteiger partial charge in [-0.05, 0) is 68.1 Å². The van der Waals surface area contributed by atoms with Crippen molar-refractivity contribution >= 4 is 49.1 Å². The molecule has 1 aliphatic heterocycles. The lowest BCUT2D eigenvalue weighted by Gasteiger charge is -2.10. The summed E-state index contributed by atoms with van der Waals surface area (Å²) in [4.78, 5) is 12.3. The molecule has 2 aromatic carbocycles. The first-order chi connectivity index (χ1) is 9.65. The number of carbonyl (C=O) groups excluding carboxylic acids is 1. The second-order valence-electron chi connectivity index (χ2n) is 4.60. The molecule has 0 aromatic heterocycles. The first-order valence-electron chi connectivity index (χ1n) is 6.27. The lowest BCUT2D eigenvalue weighted by atomic mass is 10.1. The van der Waals surface area contributed by atoms with Crippen molar-refractivity contribution in [2.75, 3.05) is 17.2 Å². The fourth-order valence-corrected chi connectivity index (χ4v) is 3.43. The highest BCUT2D eigenvalue weighted by molar-refractivity contribution is 9.11. The van der Waals surface area contributed by atoms with Crippen molar-refractivity contribution in [3.63, 3.8) is 0 Å². The molecule has 0 spiro atoms. The van der Waals surface area contributed by atoms with Crippen LogP contribution in [0.3, 0.4) is 0 Å². The van der Waals surface area contributed by atoms with Gasteiger partial charge < -0.3 is 10.6 Å². The summed E-state index contributed by atoms with van der Waals surface area (Å²) in [7, 11) is 0. The number of benzene rings is 2. The Balaban J connectivity index is 1.86. The molecule has 3 rings (SSSR count). The van der Waals surface area contributed by atoms with Crippen LogP contribution in [-0.2, 0) is 6.42 Å². The van der Waals surface area contributed by atoms with Crippen molar-refractivity contribution in [1.82, 2.24) is 0 Å². The predicted octanol–water partition coefficient (Wildman–Crippen LogP) is 4.43. The van der Waals surface area contributed by atoms with E-state index in [2.05, 4.69) is 42.5 Å². The monoisotopic (exact) mass is 394 g/mol. The van der Waals surface area contributed by atoms with Crippen molar-refractivity contribution in [2.24, 2.45) is 0 Å². The Morgan fingerprint density at radius 1 is 1.15 bits per heavy atom. The van der Waals surface area contributed by atoms with Crippen LogP contribution in [0, 0.1) is 0 Å². The largest absolute Gasteiger partial charge is 0.384 e. The summed E-state index contributed by atoms with van der Waals surface area (Å²) in [6.45, 7) is 0.941. The number of amides is 1. The molecule has 0 fully saturated rings. The number of anilines is 2. The molecule has 2 N–H and O–H groups in total. The average molecular weight is 396 g/mol. The van der Waals surface area contributed by atoms with Gasteiger partial charge in [0.15, 0.2) is 0 Å². The minimum atomic E-state index is -0.117. The number of halogens is 2. The van der Waals surface area contributed by atoms with Gasteiger partial charge in [0.1, 0.15) is 0 Å². The topological polar surface area (TPSA) is 41.1 Å². The average Bonchev–Trinajstić information content (AvgIpc) is 2.90. The van der Waals surface area contributed by atoms with E-state index >= 15 is 0 Å². The number of para-hydroxylation sites is 1. The van der Waals surface area contributed by atoms with Crippen LogP contribution in [0.4, 0.5) is 11.4 Å². The van der Waals surface area contributed by atoms with Crippen LogP contribution in [0.15, 0.2) is 45.3 Å². The van der Waals surface area contributed by atoms with E-state index in [9.17, 15) is 4.79 Å². The van der Waals surface area contributed by atoms with E-state index in [1.807, 2.05) is 36.4 Å². The Kier molecular flexibility index (Phi) is 3.81. The van der Waals surface area contributed by atoms with Crippen LogP contribution in [0.25, 0.3) is 0 Å². The minimum Gasteiger partial charge on any atom is -0.384 e. The molecular weight excluding hydrogens is 384 g/mol. The summed E-state index contributed by atoms with van der Waals surface area (Å²) in [5.74, 6) is -0.117. The Morgan fingerprint density at radius 3 is 2.65 bits per heavy atom. The molecule has 5 heteroatoms. The lowest BCUT2D eigenvalue weighted by molar-refractivity contribution is 0.102. The summed E-state index contributed by atoms with van der Waals surface area (Å²) in [6, 6.07) is 11.5. The third-order valence-corrected chi connectivity index (χ3v) is 4.60. The van der Waals surface area contributed by atoms with Crippen LogP contribution < -0.4 is 10.6 Å². The van der Waals surface area contributed by atoms with Crippen molar-refractivity contribution in [2.45, 2.75) is 6.42 Å². The highest BCUT2D eigenvalue weighted by Gasteiger charge is 2.15. The van der Waals surface area contributed by atoms with Gasteiger partial charge in [0.05, 0.1) is 5.69 Å². The molecule has 0 bridgehead atoms. The molecule has 3 nitrogen and oxygen atoms in total. The Morgan fingerprint density at radius 2 is 1.90 bits per heavy atom. The fourth-order valence-electron chi connectivity index (χ4n) is 2.24. The van der Waals surface area contributed by atoms with Crippen molar-refractivity contribution in [3.8, 4) is 0 Å². The van der Waals surface area contributed by atoms with E-state index in [0.29, 0.717) is 5.56 Å².